The molecule has 1 saturated heterocycles. The molecule has 26 N–H and O–H groups in total. The maximum Gasteiger partial charge on any atom is 0.326 e. The lowest BCUT2D eigenvalue weighted by molar-refractivity contribution is -0.145. The number of aliphatic hydroxyl groups is 1. The first-order valence-electron chi connectivity index (χ1n) is 40.2. The van der Waals surface area contributed by atoms with Gasteiger partial charge in [-0.25, -0.2) is 4.79 Å². The first-order valence-corrected chi connectivity index (χ1v) is 40.2. The fraction of sp³-hybridized carbons (Fsp3) is 0.608. The van der Waals surface area contributed by atoms with Crippen molar-refractivity contribution >= 4 is 112 Å². The van der Waals surface area contributed by atoms with Crippen molar-refractivity contribution in [3.63, 3.8) is 0 Å². The molecule has 0 unspecified atom stereocenters. The molecule has 42 nitrogen and oxygen atoms in total. The summed E-state index contributed by atoms with van der Waals surface area (Å²) < 4.78 is 0. The van der Waals surface area contributed by atoms with E-state index in [2.05, 4.69) is 74.4 Å². The van der Waals surface area contributed by atoms with Crippen molar-refractivity contribution in [1.82, 2.24) is 79.3 Å². The summed E-state index contributed by atoms with van der Waals surface area (Å²) in [5, 5.41) is 92.4. The molecule has 0 aliphatic carbocycles. The zero-order valence-electron chi connectivity index (χ0n) is 70.3. The predicted octanol–water partition coefficient (Wildman–Crippen LogP) is -4.01. The number of carbonyl (C=O) groups excluding carboxylic acids is 15. The van der Waals surface area contributed by atoms with Crippen molar-refractivity contribution in [1.29, 1.82) is 5.41 Å². The van der Waals surface area contributed by atoms with Gasteiger partial charge in [0.25, 0.3) is 0 Å². The number of nitrogens with one attached hydrogen (secondary N) is 15. The molecular formula is C79H123N19O23. The standard InChI is InChI=1S/C79H123N19O23/c1-13-41(8)62(96-73(115)55(36-47-23-25-48(100)26-24-47)92-71(113)54(35-46-19-15-14-16-20-46)90-65(107)43(10)86-75(117)61(40(6)7)95-64(106)42(9)80)77(119)98-32-18-22-57(98)74(116)93-56(37-60(104)105)72(114)88-50(27-29-58(81)101)67(109)85-44(11)66(108)97-63(45(12)99)76(118)94-53(34-39(4)5)70(112)91-52(33-38(2)3)69(111)87-49(21-17-31-84-79(82)83)68(110)89-51(78(120)121)28-30-59(102)103/h14-16,19-20,23-26,38-45,49-57,61-63,99-100H,13,17-18,21-22,27-37,80H2,1-12H3,(H2,81,101)(H,85,109)(H,86,117)(H,87,111)(H,88,114)(H,89,110)(H,90,107)(H,91,112)(H,92,113)(H,93,116)(H,94,118)(H,95,106)(H,96,115)(H,97,108)(H,102,103)(H,104,105)(H,120,121)(H4,82,83,84)/t41-,42-,43-,44-,45+,49-,50-,51-,52-,53-,54-,55-,56-,57-,61-,62-,63-/m0/s1. The molecule has 1 heterocycles. The number of carbonyl (C=O) groups is 18. The van der Waals surface area contributed by atoms with Crippen LogP contribution in [0.1, 0.15) is 171 Å². The van der Waals surface area contributed by atoms with Gasteiger partial charge < -0.3 is 122 Å². The van der Waals surface area contributed by atoms with Crippen molar-refractivity contribution in [3.05, 3.63) is 65.7 Å². The van der Waals surface area contributed by atoms with E-state index in [9.17, 15) is 102 Å². The second-order valence-corrected chi connectivity index (χ2v) is 31.4. The molecule has 0 radical (unpaired) electrons. The number of aliphatic hydroxyl groups excluding tert-OH is 1. The minimum absolute atomic E-state index is 0.0263. The first kappa shape index (κ1) is 103. The average Bonchev–Trinajstić information content (AvgIpc) is 1.73. The number of rotatable bonds is 52. The van der Waals surface area contributed by atoms with Gasteiger partial charge in [0, 0.05) is 38.8 Å². The van der Waals surface area contributed by atoms with Gasteiger partial charge in [0.2, 0.25) is 88.6 Å². The third-order valence-electron chi connectivity index (χ3n) is 19.7. The van der Waals surface area contributed by atoms with Crippen LogP contribution in [0.4, 0.5) is 0 Å². The largest absolute Gasteiger partial charge is 0.508 e. The number of benzene rings is 2. The third kappa shape index (κ3) is 36.2. The molecule has 1 fully saturated rings. The maximum atomic E-state index is 15.0. The van der Waals surface area contributed by atoms with E-state index in [1.54, 1.807) is 85.7 Å². The minimum atomic E-state index is -2.02. The summed E-state index contributed by atoms with van der Waals surface area (Å²) in [4.78, 5) is 247. The summed E-state index contributed by atoms with van der Waals surface area (Å²) in [6, 6.07) is -8.63. The van der Waals surface area contributed by atoms with Crippen LogP contribution in [0, 0.1) is 29.1 Å². The zero-order valence-corrected chi connectivity index (χ0v) is 70.3. The van der Waals surface area contributed by atoms with E-state index in [0.29, 0.717) is 11.1 Å². The van der Waals surface area contributed by atoms with Gasteiger partial charge in [-0.1, -0.05) is 104 Å². The highest BCUT2D eigenvalue weighted by Crippen LogP contribution is 2.24. The van der Waals surface area contributed by atoms with Crippen molar-refractivity contribution in [3.8, 4) is 5.75 Å². The number of aliphatic carboxylic acids is 3. The number of aromatic hydroxyl groups is 1. The fourth-order valence-electron chi connectivity index (χ4n) is 12.7. The Morgan fingerprint density at radius 1 is 0.471 bits per heavy atom. The number of nitrogens with zero attached hydrogens (tertiary/aromatic N) is 1. The summed E-state index contributed by atoms with van der Waals surface area (Å²) in [6.07, 6.45) is -5.59. The fourth-order valence-corrected chi connectivity index (χ4v) is 12.7. The molecule has 15 amide bonds. The summed E-state index contributed by atoms with van der Waals surface area (Å²) >= 11 is 0. The number of phenols is 1. The summed E-state index contributed by atoms with van der Waals surface area (Å²) in [6.45, 7) is 18.3. The van der Waals surface area contributed by atoms with E-state index in [-0.39, 0.29) is 88.5 Å². The number of phenolic OH excluding ortho intramolecular Hbond substituents is 1. The second-order valence-electron chi connectivity index (χ2n) is 31.4. The Kier molecular flexibility index (Phi) is 43.2. The molecule has 17 atom stereocenters. The lowest BCUT2D eigenvalue weighted by atomic mass is 9.96. The molecule has 0 saturated carbocycles. The van der Waals surface area contributed by atoms with E-state index in [1.165, 1.54) is 38.1 Å². The SMILES string of the molecule is CC[C@H](C)[C@H](NC(=O)[C@H](Cc1ccc(O)cc1)NC(=O)[C@H](Cc1ccccc1)NC(=O)[C@H](C)NC(=O)[C@@H](NC(=O)[C@H](C)N)C(C)C)C(=O)N1CCC[C@H]1C(=O)N[C@@H](CC(=O)O)C(=O)N[C@@H](CCC(N)=O)C(=O)N[C@@H](C)C(=O)N[C@H](C(=O)N[C@@H](CC(C)C)C(=O)N[C@@H](CC(C)C)C(=O)N[C@@H](CCCNC(=N)N)C(=O)N[C@@H](CCC(=O)O)C(=O)O)[C@@H](C)O. The molecule has 2 aromatic rings. The van der Waals surface area contributed by atoms with Gasteiger partial charge in [0.1, 0.15) is 90.3 Å². The van der Waals surface area contributed by atoms with Gasteiger partial charge in [0.15, 0.2) is 5.96 Å². The first-order chi connectivity index (χ1) is 56.6. The number of nitrogens with two attached hydrogens (primary N) is 3. The van der Waals surface area contributed by atoms with Crippen molar-refractivity contribution in [2.24, 2.45) is 40.9 Å². The predicted molar refractivity (Wildman–Crippen MR) is 436 cm³/mol. The lowest BCUT2D eigenvalue weighted by Crippen LogP contribution is -2.62. The normalized spacial score (nSPS) is 16.4. The molecule has 121 heavy (non-hydrogen) atoms. The molecule has 0 aromatic heterocycles. The van der Waals surface area contributed by atoms with E-state index in [0.717, 1.165) is 18.7 Å². The Hall–Kier alpha value is -12.1. The number of guanidine groups is 1. The molecule has 672 valence electrons. The number of hydrogen-bond donors (Lipinski definition) is 23. The van der Waals surface area contributed by atoms with Crippen LogP contribution in [0.3, 0.4) is 0 Å². The average molecular weight is 1710 g/mol. The molecule has 1 aliphatic heterocycles. The van der Waals surface area contributed by atoms with Gasteiger partial charge in [-0.3, -0.25) is 86.9 Å². The summed E-state index contributed by atoms with van der Waals surface area (Å²) in [5.41, 5.74) is 17.5. The molecule has 2 aromatic carbocycles. The highest BCUT2D eigenvalue weighted by Gasteiger charge is 2.43. The van der Waals surface area contributed by atoms with Crippen LogP contribution in [-0.4, -0.2) is 253 Å². The van der Waals surface area contributed by atoms with E-state index in [4.69, 9.17) is 27.7 Å². The van der Waals surface area contributed by atoms with Crippen molar-refractivity contribution in [2.75, 3.05) is 13.1 Å². The number of hydrogen-bond acceptors (Lipinski definition) is 22. The van der Waals surface area contributed by atoms with E-state index >= 15 is 4.79 Å². The van der Waals surface area contributed by atoms with Crippen molar-refractivity contribution < 1.29 is 112 Å². The van der Waals surface area contributed by atoms with Crippen LogP contribution in [0.15, 0.2) is 54.6 Å². The number of carboxylic acids is 3. The van der Waals surface area contributed by atoms with Gasteiger partial charge in [-0.2, -0.15) is 0 Å². The number of likely N-dealkylation sites (tertiary alicyclic amines) is 1. The second kappa shape index (κ2) is 50.7. The van der Waals surface area contributed by atoms with Gasteiger partial charge >= 0.3 is 17.9 Å². The molecule has 1 aliphatic rings. The van der Waals surface area contributed by atoms with Crippen molar-refractivity contribution in [2.45, 2.75) is 270 Å². The summed E-state index contributed by atoms with van der Waals surface area (Å²) in [5.74, 6) is -21.5. The lowest BCUT2D eigenvalue weighted by Gasteiger charge is -2.33. The Balaban J connectivity index is 1.90. The van der Waals surface area contributed by atoms with Crippen LogP contribution >= 0.6 is 0 Å². The van der Waals surface area contributed by atoms with Crippen LogP contribution in [-0.2, 0) is 99.1 Å². The minimum Gasteiger partial charge on any atom is -0.508 e. The maximum absolute atomic E-state index is 15.0. The van der Waals surface area contributed by atoms with Gasteiger partial charge in [-0.15, -0.1) is 0 Å². The zero-order chi connectivity index (χ0) is 91.4. The molecular weight excluding hydrogens is 1580 g/mol. The molecule has 0 spiro atoms. The van der Waals surface area contributed by atoms with Crippen LogP contribution < -0.4 is 91.6 Å². The Labute approximate surface area is 701 Å². The topological polar surface area (TPSA) is 682 Å². The third-order valence-corrected chi connectivity index (χ3v) is 19.7. The van der Waals surface area contributed by atoms with E-state index < -0.39 is 253 Å². The van der Waals surface area contributed by atoms with Gasteiger partial charge in [-0.05, 0) is 126 Å². The highest BCUT2D eigenvalue weighted by atomic mass is 16.4. The molecule has 42 heteroatoms. The Morgan fingerprint density at radius 2 is 0.901 bits per heavy atom. The number of carboxylic acid groups (broad SMARTS) is 3. The quantitative estimate of drug-likeness (QED) is 0.0170. The smallest absolute Gasteiger partial charge is 0.326 e. The van der Waals surface area contributed by atoms with E-state index in [1.807, 2.05) is 0 Å². The highest BCUT2D eigenvalue weighted by molar-refractivity contribution is 6.01. The monoisotopic (exact) mass is 1710 g/mol. The van der Waals surface area contributed by atoms with Crippen LogP contribution in [0.5, 0.6) is 5.75 Å². The van der Waals surface area contributed by atoms with Crippen LogP contribution in [0.2, 0.25) is 0 Å². The van der Waals surface area contributed by atoms with Crippen LogP contribution in [0.25, 0.3) is 0 Å². The molecule has 3 rings (SSSR count). The Morgan fingerprint density at radius 3 is 1.40 bits per heavy atom. The molecule has 0 bridgehead atoms. The summed E-state index contributed by atoms with van der Waals surface area (Å²) in [7, 11) is 0. The number of primary amides is 1. The Bertz CT molecular complexity index is 3940. The number of amides is 15. The van der Waals surface area contributed by atoms with Gasteiger partial charge in [0.05, 0.1) is 18.6 Å².